The maximum absolute atomic E-state index is 13.4. The van der Waals surface area contributed by atoms with Crippen molar-refractivity contribution in [3.63, 3.8) is 0 Å². The first-order valence-electron chi connectivity index (χ1n) is 7.17. The molecule has 5 nitrogen and oxygen atoms in total. The first-order chi connectivity index (χ1) is 12.0. The van der Waals surface area contributed by atoms with Crippen LogP contribution < -0.4 is 4.74 Å². The van der Waals surface area contributed by atoms with Crippen molar-refractivity contribution >= 4 is 22.6 Å². The highest BCUT2D eigenvalue weighted by atomic mass is 127. The fourth-order valence-corrected chi connectivity index (χ4v) is 2.77. The van der Waals surface area contributed by atoms with E-state index in [4.69, 9.17) is 4.74 Å². The summed E-state index contributed by atoms with van der Waals surface area (Å²) < 4.78 is 46.8. The lowest BCUT2D eigenvalue weighted by atomic mass is 10.2. The molecule has 0 radical (unpaired) electrons. The summed E-state index contributed by atoms with van der Waals surface area (Å²) in [6.07, 6.45) is 1.94. The van der Waals surface area contributed by atoms with Gasteiger partial charge >= 0.3 is 6.01 Å². The van der Waals surface area contributed by atoms with Crippen LogP contribution in [-0.2, 0) is 6.61 Å². The molecule has 3 aromatic rings. The van der Waals surface area contributed by atoms with E-state index in [1.165, 1.54) is 10.7 Å². The molecule has 1 aromatic carbocycles. The third-order valence-electron chi connectivity index (χ3n) is 3.35. The molecule has 0 spiro atoms. The van der Waals surface area contributed by atoms with Gasteiger partial charge in [0, 0.05) is 18.0 Å². The van der Waals surface area contributed by atoms with Gasteiger partial charge in [0.1, 0.15) is 16.1 Å². The van der Waals surface area contributed by atoms with E-state index in [0.29, 0.717) is 9.39 Å². The number of ether oxygens (including phenoxy) is 1. The normalized spacial score (nSPS) is 11.1. The molecule has 3 rings (SSSR count). The molecule has 9 heteroatoms. The number of hydrogen-bond acceptors (Lipinski definition) is 4. The Morgan fingerprint density at radius 2 is 1.92 bits per heavy atom. The smallest absolute Gasteiger partial charge is 0.316 e. The number of hydrogen-bond donors (Lipinski definition) is 0. The standard InChI is InChI=1S/C16H12F3IN4O/c1-9-5-21-16(22-6-9)25-8-10-7-23-24(15(10)20)11-2-3-13(17)12(4-11)14(18)19/h2-7,14H,8H2,1H3. The number of nitrogens with zero attached hydrogens (tertiary/aromatic N) is 4. The molecule has 0 aliphatic heterocycles. The van der Waals surface area contributed by atoms with Crippen LogP contribution in [-0.4, -0.2) is 19.7 Å². The summed E-state index contributed by atoms with van der Waals surface area (Å²) in [6.45, 7) is 2.04. The Hall–Kier alpha value is -2.17. The second-order valence-corrected chi connectivity index (χ2v) is 6.23. The quantitative estimate of drug-likeness (QED) is 0.535. The van der Waals surface area contributed by atoms with Crippen molar-refractivity contribution in [1.82, 2.24) is 19.7 Å². The Balaban J connectivity index is 1.81. The maximum atomic E-state index is 13.4. The zero-order valence-corrected chi connectivity index (χ0v) is 15.1. The summed E-state index contributed by atoms with van der Waals surface area (Å²) in [5, 5.41) is 4.16. The van der Waals surface area contributed by atoms with E-state index in [2.05, 4.69) is 15.1 Å². The summed E-state index contributed by atoms with van der Waals surface area (Å²) in [7, 11) is 0. The molecule has 2 heterocycles. The Kier molecular flexibility index (Phi) is 5.21. The van der Waals surface area contributed by atoms with Crippen LogP contribution in [0.1, 0.15) is 23.1 Å². The highest BCUT2D eigenvalue weighted by Gasteiger charge is 2.17. The van der Waals surface area contributed by atoms with Crippen molar-refractivity contribution in [2.45, 2.75) is 20.0 Å². The highest BCUT2D eigenvalue weighted by Crippen LogP contribution is 2.26. The molecule has 0 aliphatic rings. The lowest BCUT2D eigenvalue weighted by Crippen LogP contribution is -2.04. The van der Waals surface area contributed by atoms with Gasteiger partial charge in [0.25, 0.3) is 6.43 Å². The van der Waals surface area contributed by atoms with E-state index in [9.17, 15) is 13.2 Å². The highest BCUT2D eigenvalue weighted by molar-refractivity contribution is 14.1. The molecule has 0 fully saturated rings. The van der Waals surface area contributed by atoms with Gasteiger partial charge in [0.15, 0.2) is 0 Å². The average Bonchev–Trinajstić information content (AvgIpc) is 2.95. The Morgan fingerprint density at radius 3 is 2.60 bits per heavy atom. The molecule has 0 saturated heterocycles. The van der Waals surface area contributed by atoms with Crippen LogP contribution in [0.2, 0.25) is 0 Å². The summed E-state index contributed by atoms with van der Waals surface area (Å²) >= 11 is 2.02. The SMILES string of the molecule is Cc1cnc(OCc2cnn(-c3ccc(F)c(C(F)F)c3)c2I)nc1. The number of aromatic nitrogens is 4. The molecule has 0 N–H and O–H groups in total. The minimum Gasteiger partial charge on any atom is -0.458 e. The first kappa shape index (κ1) is 17.6. The molecule has 0 aliphatic carbocycles. The molecular weight excluding hydrogens is 448 g/mol. The molecule has 130 valence electrons. The van der Waals surface area contributed by atoms with E-state index in [-0.39, 0.29) is 12.6 Å². The minimum absolute atomic E-state index is 0.171. The summed E-state index contributed by atoms with van der Waals surface area (Å²) in [6, 6.07) is 3.72. The molecule has 0 atom stereocenters. The van der Waals surface area contributed by atoms with Gasteiger partial charge < -0.3 is 4.74 Å². The van der Waals surface area contributed by atoms with E-state index in [1.54, 1.807) is 18.6 Å². The van der Waals surface area contributed by atoms with Crippen LogP contribution in [0.5, 0.6) is 6.01 Å². The molecule has 0 bridgehead atoms. The lowest BCUT2D eigenvalue weighted by Gasteiger charge is -2.08. The van der Waals surface area contributed by atoms with Crippen LogP contribution in [0.15, 0.2) is 36.8 Å². The Bertz CT molecular complexity index is 884. The van der Waals surface area contributed by atoms with Crippen molar-refractivity contribution in [2.75, 3.05) is 0 Å². The molecule has 2 aromatic heterocycles. The topological polar surface area (TPSA) is 52.8 Å². The van der Waals surface area contributed by atoms with Crippen LogP contribution in [0.3, 0.4) is 0 Å². The van der Waals surface area contributed by atoms with E-state index in [0.717, 1.165) is 23.3 Å². The van der Waals surface area contributed by atoms with Gasteiger partial charge in [0.2, 0.25) is 0 Å². The summed E-state index contributed by atoms with van der Waals surface area (Å²) in [5.74, 6) is -0.944. The van der Waals surface area contributed by atoms with Crippen molar-refractivity contribution in [2.24, 2.45) is 0 Å². The van der Waals surface area contributed by atoms with Gasteiger partial charge in [0.05, 0.1) is 17.4 Å². The van der Waals surface area contributed by atoms with Crippen LogP contribution >= 0.6 is 22.6 Å². The van der Waals surface area contributed by atoms with Crippen molar-refractivity contribution < 1.29 is 17.9 Å². The van der Waals surface area contributed by atoms with E-state index >= 15 is 0 Å². The molecule has 0 amide bonds. The zero-order valence-electron chi connectivity index (χ0n) is 13.0. The van der Waals surface area contributed by atoms with Crippen molar-refractivity contribution in [1.29, 1.82) is 0 Å². The van der Waals surface area contributed by atoms with E-state index in [1.807, 2.05) is 29.5 Å². The fourth-order valence-electron chi connectivity index (χ4n) is 2.07. The van der Waals surface area contributed by atoms with Gasteiger partial charge in [-0.05, 0) is 53.3 Å². The third kappa shape index (κ3) is 3.91. The first-order valence-corrected chi connectivity index (χ1v) is 8.25. The summed E-state index contributed by atoms with van der Waals surface area (Å²) in [4.78, 5) is 8.08. The zero-order chi connectivity index (χ0) is 18.0. The molecule has 25 heavy (non-hydrogen) atoms. The second kappa shape index (κ2) is 7.38. The lowest BCUT2D eigenvalue weighted by molar-refractivity contribution is 0.146. The fraction of sp³-hybridized carbons (Fsp3) is 0.188. The van der Waals surface area contributed by atoms with Gasteiger partial charge in [-0.3, -0.25) is 0 Å². The predicted molar refractivity (Wildman–Crippen MR) is 92.3 cm³/mol. The number of halogens is 4. The Morgan fingerprint density at radius 1 is 1.20 bits per heavy atom. The van der Waals surface area contributed by atoms with Gasteiger partial charge in [-0.2, -0.15) is 5.10 Å². The predicted octanol–water partition coefficient (Wildman–Crippen LogP) is 4.23. The van der Waals surface area contributed by atoms with Gasteiger partial charge in [-0.15, -0.1) is 0 Å². The van der Waals surface area contributed by atoms with Crippen LogP contribution in [0.4, 0.5) is 13.2 Å². The van der Waals surface area contributed by atoms with Gasteiger partial charge in [-0.1, -0.05) is 0 Å². The average molecular weight is 460 g/mol. The largest absolute Gasteiger partial charge is 0.458 e. The Labute approximate surface area is 155 Å². The minimum atomic E-state index is -2.89. The van der Waals surface area contributed by atoms with Crippen molar-refractivity contribution in [3.8, 4) is 11.7 Å². The monoisotopic (exact) mass is 460 g/mol. The van der Waals surface area contributed by atoms with Crippen LogP contribution in [0.25, 0.3) is 5.69 Å². The molecule has 0 unspecified atom stereocenters. The number of alkyl halides is 2. The third-order valence-corrected chi connectivity index (χ3v) is 4.50. The second-order valence-electron chi connectivity index (χ2n) is 5.21. The number of aryl methyl sites for hydroxylation is 1. The summed E-state index contributed by atoms with van der Waals surface area (Å²) in [5.41, 5.74) is 1.34. The maximum Gasteiger partial charge on any atom is 0.316 e. The van der Waals surface area contributed by atoms with Crippen LogP contribution in [0, 0.1) is 16.4 Å². The molecular formula is C16H12F3IN4O. The van der Waals surface area contributed by atoms with Crippen molar-refractivity contribution in [3.05, 3.63) is 63.0 Å². The molecule has 0 saturated carbocycles. The van der Waals surface area contributed by atoms with Gasteiger partial charge in [-0.25, -0.2) is 27.8 Å². The number of benzene rings is 1. The van der Waals surface area contributed by atoms with E-state index < -0.39 is 17.8 Å². The number of rotatable bonds is 5.